The van der Waals surface area contributed by atoms with Crippen LogP contribution in [0.1, 0.15) is 6.92 Å². The molecule has 0 N–H and O–H groups in total. The second kappa shape index (κ2) is 3.13. The maximum atomic E-state index is 12.2. The van der Waals surface area contributed by atoms with Crippen molar-refractivity contribution >= 4 is 11.6 Å². The molecule has 12 heavy (non-hydrogen) atoms. The summed E-state index contributed by atoms with van der Waals surface area (Å²) in [5, 5.41) is 0.162. The van der Waals surface area contributed by atoms with E-state index in [2.05, 4.69) is 0 Å². The molecule has 1 rings (SSSR count). The van der Waals surface area contributed by atoms with Crippen molar-refractivity contribution in [2.24, 2.45) is 11.8 Å². The lowest BCUT2D eigenvalue weighted by Crippen LogP contribution is -2.27. The van der Waals surface area contributed by atoms with E-state index in [9.17, 15) is 13.2 Å². The molecule has 0 amide bonds. The van der Waals surface area contributed by atoms with Crippen LogP contribution in [0.4, 0.5) is 13.2 Å². The summed E-state index contributed by atoms with van der Waals surface area (Å²) >= 11 is 5.46. The third kappa shape index (κ3) is 2.03. The normalized spacial score (nSPS) is 30.2. The first-order chi connectivity index (χ1) is 5.41. The fourth-order valence-electron chi connectivity index (χ4n) is 1.13. The van der Waals surface area contributed by atoms with Gasteiger partial charge in [0.05, 0.1) is 5.92 Å². The largest absolute Gasteiger partial charge is 0.395 e. The summed E-state index contributed by atoms with van der Waals surface area (Å²) in [5.41, 5.74) is 0. The summed E-state index contributed by atoms with van der Waals surface area (Å²) in [6, 6.07) is 0. The van der Waals surface area contributed by atoms with Crippen LogP contribution in [-0.2, 0) is 0 Å². The highest BCUT2D eigenvalue weighted by molar-refractivity contribution is 6.31. The van der Waals surface area contributed by atoms with E-state index in [1.165, 1.54) is 19.1 Å². The lowest BCUT2D eigenvalue weighted by atomic mass is 9.89. The molecule has 2 atom stereocenters. The Morgan fingerprint density at radius 1 is 1.42 bits per heavy atom. The van der Waals surface area contributed by atoms with Crippen LogP contribution in [0.15, 0.2) is 23.3 Å². The second-order valence-corrected chi connectivity index (χ2v) is 3.27. The van der Waals surface area contributed by atoms with Gasteiger partial charge >= 0.3 is 6.18 Å². The number of halogens is 4. The van der Waals surface area contributed by atoms with Crippen molar-refractivity contribution in [3.63, 3.8) is 0 Å². The summed E-state index contributed by atoms with van der Waals surface area (Å²) in [6.07, 6.45) is -0.175. The second-order valence-electron chi connectivity index (χ2n) is 2.84. The Balaban J connectivity index is 2.85. The molecule has 0 saturated heterocycles. The van der Waals surface area contributed by atoms with Crippen molar-refractivity contribution in [1.29, 1.82) is 0 Å². The molecule has 1 aliphatic rings. The summed E-state index contributed by atoms with van der Waals surface area (Å²) in [5.74, 6) is -1.96. The zero-order valence-electron chi connectivity index (χ0n) is 6.40. The summed E-state index contributed by atoms with van der Waals surface area (Å²) in [6.45, 7) is 1.52. The van der Waals surface area contributed by atoms with E-state index < -0.39 is 18.0 Å². The Bertz CT molecular complexity index is 227. The van der Waals surface area contributed by atoms with Gasteiger partial charge in [-0.05, 0) is 12.0 Å². The van der Waals surface area contributed by atoms with E-state index in [-0.39, 0.29) is 5.03 Å². The fourth-order valence-corrected chi connectivity index (χ4v) is 1.34. The predicted molar refractivity (Wildman–Crippen MR) is 41.8 cm³/mol. The molecule has 0 aromatic rings. The number of allylic oxidation sites excluding steroid dienone is 4. The molecule has 0 radical (unpaired) electrons. The van der Waals surface area contributed by atoms with Crippen LogP contribution in [0.25, 0.3) is 0 Å². The Kier molecular flexibility index (Phi) is 2.52. The van der Waals surface area contributed by atoms with Gasteiger partial charge in [0.1, 0.15) is 0 Å². The van der Waals surface area contributed by atoms with Crippen molar-refractivity contribution in [2.75, 3.05) is 0 Å². The van der Waals surface area contributed by atoms with Crippen molar-refractivity contribution < 1.29 is 13.2 Å². The van der Waals surface area contributed by atoms with Gasteiger partial charge in [0, 0.05) is 5.03 Å². The average Bonchev–Trinajstić information content (AvgIpc) is 1.92. The molecule has 0 heterocycles. The zero-order chi connectivity index (χ0) is 9.35. The van der Waals surface area contributed by atoms with Crippen LogP contribution in [-0.4, -0.2) is 6.18 Å². The molecule has 0 aliphatic heterocycles. The van der Waals surface area contributed by atoms with Gasteiger partial charge in [-0.2, -0.15) is 13.2 Å². The average molecular weight is 197 g/mol. The smallest absolute Gasteiger partial charge is 0.170 e. The van der Waals surface area contributed by atoms with Crippen molar-refractivity contribution in [3.05, 3.63) is 23.3 Å². The molecule has 0 bridgehead atoms. The minimum atomic E-state index is -4.19. The fraction of sp³-hybridized carbons (Fsp3) is 0.500. The van der Waals surface area contributed by atoms with E-state index in [0.717, 1.165) is 6.08 Å². The van der Waals surface area contributed by atoms with Crippen molar-refractivity contribution in [3.8, 4) is 0 Å². The molecule has 0 nitrogen and oxygen atoms in total. The van der Waals surface area contributed by atoms with Gasteiger partial charge in [-0.1, -0.05) is 30.7 Å². The Morgan fingerprint density at radius 2 is 2.00 bits per heavy atom. The molecular formula is C8H8ClF3. The quantitative estimate of drug-likeness (QED) is 0.556. The van der Waals surface area contributed by atoms with E-state index >= 15 is 0 Å². The van der Waals surface area contributed by atoms with Crippen molar-refractivity contribution in [1.82, 2.24) is 0 Å². The third-order valence-electron chi connectivity index (χ3n) is 1.84. The van der Waals surface area contributed by atoms with Gasteiger partial charge in [0.2, 0.25) is 0 Å². The lowest BCUT2D eigenvalue weighted by Gasteiger charge is -2.23. The molecule has 1 aliphatic carbocycles. The number of hydrogen-bond acceptors (Lipinski definition) is 0. The van der Waals surface area contributed by atoms with Gasteiger partial charge in [-0.25, -0.2) is 0 Å². The molecule has 0 fully saturated rings. The number of alkyl halides is 3. The van der Waals surface area contributed by atoms with E-state index in [4.69, 9.17) is 11.6 Å². The molecule has 4 heteroatoms. The zero-order valence-corrected chi connectivity index (χ0v) is 7.15. The minimum Gasteiger partial charge on any atom is -0.170 e. The Hall–Kier alpha value is -0.440. The van der Waals surface area contributed by atoms with Gasteiger partial charge in [0.15, 0.2) is 0 Å². The maximum absolute atomic E-state index is 12.2. The molecule has 0 aromatic carbocycles. The molecule has 0 aromatic heterocycles. The summed E-state index contributed by atoms with van der Waals surface area (Å²) in [7, 11) is 0. The van der Waals surface area contributed by atoms with Crippen LogP contribution < -0.4 is 0 Å². The highest BCUT2D eigenvalue weighted by Gasteiger charge is 2.41. The van der Waals surface area contributed by atoms with E-state index in [1.807, 2.05) is 0 Å². The highest BCUT2D eigenvalue weighted by Crippen LogP contribution is 2.37. The van der Waals surface area contributed by atoms with Gasteiger partial charge < -0.3 is 0 Å². The Labute approximate surface area is 73.7 Å². The van der Waals surface area contributed by atoms with Gasteiger partial charge in [-0.3, -0.25) is 0 Å². The van der Waals surface area contributed by atoms with Crippen LogP contribution in [0.3, 0.4) is 0 Å². The molecular weight excluding hydrogens is 189 g/mol. The monoisotopic (exact) mass is 196 g/mol. The number of rotatable bonds is 0. The van der Waals surface area contributed by atoms with Crippen molar-refractivity contribution in [2.45, 2.75) is 13.1 Å². The minimum absolute atomic E-state index is 0.162. The maximum Gasteiger partial charge on any atom is 0.395 e. The third-order valence-corrected chi connectivity index (χ3v) is 2.09. The molecule has 0 spiro atoms. The SMILES string of the molecule is CC1C=CC(Cl)=CC1C(F)(F)F. The van der Waals surface area contributed by atoms with Gasteiger partial charge in [-0.15, -0.1) is 0 Å². The topological polar surface area (TPSA) is 0 Å². The van der Waals surface area contributed by atoms with E-state index in [1.54, 1.807) is 0 Å². The summed E-state index contributed by atoms with van der Waals surface area (Å²) in [4.78, 5) is 0. The standard InChI is InChI=1S/C8H8ClF3/c1-5-2-3-6(9)4-7(5)8(10,11)12/h2-5,7H,1H3. The first kappa shape index (κ1) is 9.65. The first-order valence-corrected chi connectivity index (χ1v) is 3.91. The summed E-state index contributed by atoms with van der Waals surface area (Å²) < 4.78 is 36.7. The van der Waals surface area contributed by atoms with Gasteiger partial charge in [0.25, 0.3) is 0 Å². The molecule has 2 unspecified atom stereocenters. The Morgan fingerprint density at radius 3 is 2.42 bits per heavy atom. The first-order valence-electron chi connectivity index (χ1n) is 3.53. The lowest BCUT2D eigenvalue weighted by molar-refractivity contribution is -0.169. The molecule has 0 saturated carbocycles. The molecule has 68 valence electrons. The number of hydrogen-bond donors (Lipinski definition) is 0. The van der Waals surface area contributed by atoms with Crippen LogP contribution in [0, 0.1) is 11.8 Å². The van der Waals surface area contributed by atoms with E-state index in [0.29, 0.717) is 0 Å². The highest BCUT2D eigenvalue weighted by atomic mass is 35.5. The van der Waals surface area contributed by atoms with Crippen LogP contribution in [0.5, 0.6) is 0 Å². The van der Waals surface area contributed by atoms with Crippen LogP contribution >= 0.6 is 11.6 Å². The predicted octanol–water partition coefficient (Wildman–Crippen LogP) is 3.49. The van der Waals surface area contributed by atoms with Crippen LogP contribution in [0.2, 0.25) is 0 Å².